The molecule has 0 atom stereocenters. The molecule has 0 heterocycles. The zero-order chi connectivity index (χ0) is 14.7. The second-order valence-electron chi connectivity index (χ2n) is 3.42. The highest BCUT2D eigenvalue weighted by atomic mass is 32.2. The maximum atomic E-state index is 12.3. The molecule has 0 fully saturated rings. The van der Waals surface area contributed by atoms with Crippen LogP contribution in [0.1, 0.15) is 5.56 Å². The van der Waals surface area contributed by atoms with Crippen molar-refractivity contribution in [2.75, 3.05) is 7.11 Å². The third kappa shape index (κ3) is 3.40. The van der Waals surface area contributed by atoms with Gasteiger partial charge in [0.15, 0.2) is 11.5 Å². The first kappa shape index (κ1) is 15.4. The van der Waals surface area contributed by atoms with Crippen LogP contribution in [-0.2, 0) is 16.5 Å². The number of alkyl halides is 3. The van der Waals surface area contributed by atoms with Crippen molar-refractivity contribution in [2.24, 2.45) is 0 Å². The van der Waals surface area contributed by atoms with Gasteiger partial charge in [0.25, 0.3) is 0 Å². The van der Waals surface area contributed by atoms with Crippen LogP contribution in [0.2, 0.25) is 0 Å². The number of hydrogen-bond donors (Lipinski definition) is 0. The van der Waals surface area contributed by atoms with Gasteiger partial charge in [0.1, 0.15) is 0 Å². The van der Waals surface area contributed by atoms with Gasteiger partial charge in [0.05, 0.1) is 7.11 Å². The van der Waals surface area contributed by atoms with Crippen LogP contribution < -0.4 is 8.92 Å². The second kappa shape index (κ2) is 5.52. The Hall–Kier alpha value is -1.70. The van der Waals surface area contributed by atoms with E-state index < -0.39 is 21.4 Å². The third-order valence-electron chi connectivity index (χ3n) is 2.12. The smallest absolute Gasteiger partial charge is 0.493 e. The number of para-hydroxylation sites is 1. The Kier molecular flexibility index (Phi) is 4.46. The van der Waals surface area contributed by atoms with Gasteiger partial charge in [-0.2, -0.15) is 21.6 Å². The highest BCUT2D eigenvalue weighted by molar-refractivity contribution is 7.88. The fourth-order valence-electron chi connectivity index (χ4n) is 1.29. The van der Waals surface area contributed by atoms with E-state index in [2.05, 4.69) is 10.8 Å². The van der Waals surface area contributed by atoms with Crippen LogP contribution in [-0.4, -0.2) is 21.0 Å². The van der Waals surface area contributed by atoms with Gasteiger partial charge in [-0.1, -0.05) is 18.2 Å². The normalized spacial score (nSPS) is 12.0. The monoisotopic (exact) mass is 296 g/mol. The minimum absolute atomic E-state index is 0.104. The summed E-state index contributed by atoms with van der Waals surface area (Å²) in [5.41, 5.74) is -5.28. The van der Waals surface area contributed by atoms with E-state index in [9.17, 15) is 21.6 Å². The molecule has 0 aliphatic carbocycles. The fraction of sp³-hybridized carbons (Fsp3) is 0.273. The van der Waals surface area contributed by atoms with Gasteiger partial charge in [-0.25, -0.2) is 0 Å². The second-order valence-corrected chi connectivity index (χ2v) is 4.96. The van der Waals surface area contributed by atoms with E-state index in [0.29, 0.717) is 0 Å². The molecule has 1 rings (SSSR count). The minimum Gasteiger partial charge on any atom is -0.493 e. The Labute approximate surface area is 108 Å². The summed E-state index contributed by atoms with van der Waals surface area (Å²) < 4.78 is 67.9. The molecule has 0 aliphatic heterocycles. The maximum absolute atomic E-state index is 12.3. The Morgan fingerprint density at radius 3 is 2.47 bits per heavy atom. The average Bonchev–Trinajstić information content (AvgIpc) is 2.30. The summed E-state index contributed by atoms with van der Waals surface area (Å²) >= 11 is 0. The van der Waals surface area contributed by atoms with Crippen LogP contribution >= 0.6 is 0 Å². The zero-order valence-electron chi connectivity index (χ0n) is 9.90. The minimum atomic E-state index is -5.74. The van der Waals surface area contributed by atoms with E-state index in [1.54, 1.807) is 0 Å². The maximum Gasteiger partial charge on any atom is 0.534 e. The number of methoxy groups -OCH3 is 1. The summed E-state index contributed by atoms with van der Waals surface area (Å²) in [6, 6.07) is 4.23. The van der Waals surface area contributed by atoms with Crippen molar-refractivity contribution < 1.29 is 30.5 Å². The van der Waals surface area contributed by atoms with E-state index in [0.717, 1.165) is 0 Å². The summed E-state index contributed by atoms with van der Waals surface area (Å²) in [5, 5.41) is 0. The standard InChI is InChI=1S/C11H11F3O4S/c1-3-5-8-6-4-7-9(17-2)10(8)18-19(15,16)11(12,13)14/h3-4,6-7H,1,5H2,2H3. The van der Waals surface area contributed by atoms with Crippen LogP contribution in [0.4, 0.5) is 13.2 Å². The molecule has 8 heteroatoms. The molecule has 0 saturated carbocycles. The van der Waals surface area contributed by atoms with Gasteiger partial charge in [-0.3, -0.25) is 0 Å². The molecule has 1 aromatic carbocycles. The molecule has 0 N–H and O–H groups in total. The Morgan fingerprint density at radius 1 is 1.37 bits per heavy atom. The molecule has 0 spiro atoms. The highest BCUT2D eigenvalue weighted by Crippen LogP contribution is 2.36. The molecule has 4 nitrogen and oxygen atoms in total. The van der Waals surface area contributed by atoms with Crippen molar-refractivity contribution in [3.63, 3.8) is 0 Å². The Balaban J connectivity index is 3.30. The van der Waals surface area contributed by atoms with Crippen molar-refractivity contribution in [3.05, 3.63) is 36.4 Å². The van der Waals surface area contributed by atoms with Crippen molar-refractivity contribution in [1.29, 1.82) is 0 Å². The SMILES string of the molecule is C=CCc1cccc(OC)c1OS(=O)(=O)C(F)(F)F. The molecule has 0 aliphatic rings. The van der Waals surface area contributed by atoms with Crippen molar-refractivity contribution in [2.45, 2.75) is 11.9 Å². The van der Waals surface area contributed by atoms with Crippen molar-refractivity contribution in [1.82, 2.24) is 0 Å². The molecule has 0 radical (unpaired) electrons. The molecular formula is C11H11F3O4S. The summed E-state index contributed by atoms with van der Waals surface area (Å²) in [5.74, 6) is -0.589. The Bertz CT molecular complexity index is 564. The lowest BCUT2D eigenvalue weighted by Gasteiger charge is -2.15. The van der Waals surface area contributed by atoms with Crippen LogP contribution in [0.15, 0.2) is 30.9 Å². The number of ether oxygens (including phenoxy) is 1. The van der Waals surface area contributed by atoms with Crippen LogP contribution in [0.5, 0.6) is 11.5 Å². The number of allylic oxidation sites excluding steroid dienone is 1. The molecule has 1 aromatic rings. The van der Waals surface area contributed by atoms with E-state index in [1.807, 2.05) is 0 Å². The van der Waals surface area contributed by atoms with E-state index >= 15 is 0 Å². The largest absolute Gasteiger partial charge is 0.534 e. The lowest BCUT2D eigenvalue weighted by Crippen LogP contribution is -2.28. The van der Waals surface area contributed by atoms with Gasteiger partial charge in [0.2, 0.25) is 0 Å². The molecule has 0 bridgehead atoms. The quantitative estimate of drug-likeness (QED) is 0.476. The first-order chi connectivity index (χ1) is 8.73. The summed E-state index contributed by atoms with van der Waals surface area (Å²) in [7, 11) is -4.54. The van der Waals surface area contributed by atoms with E-state index in [4.69, 9.17) is 4.74 Å². The average molecular weight is 296 g/mol. The molecule has 0 aromatic heterocycles. The number of benzene rings is 1. The molecule has 0 amide bonds. The number of halogens is 3. The van der Waals surface area contributed by atoms with Gasteiger partial charge in [-0.15, -0.1) is 6.58 Å². The fourth-order valence-corrected chi connectivity index (χ4v) is 1.79. The van der Waals surface area contributed by atoms with Gasteiger partial charge < -0.3 is 8.92 Å². The predicted molar refractivity (Wildman–Crippen MR) is 62.5 cm³/mol. The summed E-state index contributed by atoms with van der Waals surface area (Å²) in [6.07, 6.45) is 1.54. The van der Waals surface area contributed by atoms with Crippen molar-refractivity contribution in [3.8, 4) is 11.5 Å². The van der Waals surface area contributed by atoms with Gasteiger partial charge in [-0.05, 0) is 12.5 Å². The van der Waals surface area contributed by atoms with Crippen LogP contribution in [0.3, 0.4) is 0 Å². The summed E-state index contributed by atoms with van der Waals surface area (Å²) in [6.45, 7) is 3.43. The topological polar surface area (TPSA) is 52.6 Å². The number of hydrogen-bond acceptors (Lipinski definition) is 4. The number of rotatable bonds is 5. The van der Waals surface area contributed by atoms with Crippen LogP contribution in [0.25, 0.3) is 0 Å². The first-order valence-electron chi connectivity index (χ1n) is 5.00. The summed E-state index contributed by atoms with van der Waals surface area (Å²) in [4.78, 5) is 0. The van der Waals surface area contributed by atoms with Crippen molar-refractivity contribution >= 4 is 10.1 Å². The predicted octanol–water partition coefficient (Wildman–Crippen LogP) is 2.65. The van der Waals surface area contributed by atoms with E-state index in [-0.39, 0.29) is 17.7 Å². The molecule has 106 valence electrons. The molecular weight excluding hydrogens is 285 g/mol. The van der Waals surface area contributed by atoms with Gasteiger partial charge >= 0.3 is 15.6 Å². The lowest BCUT2D eigenvalue weighted by atomic mass is 10.1. The van der Waals surface area contributed by atoms with E-state index in [1.165, 1.54) is 31.4 Å². The molecule has 19 heavy (non-hydrogen) atoms. The molecule has 0 saturated heterocycles. The first-order valence-corrected chi connectivity index (χ1v) is 6.41. The zero-order valence-corrected chi connectivity index (χ0v) is 10.7. The third-order valence-corrected chi connectivity index (χ3v) is 3.07. The highest BCUT2D eigenvalue weighted by Gasteiger charge is 2.49. The van der Waals surface area contributed by atoms with Gasteiger partial charge in [0, 0.05) is 5.56 Å². The lowest BCUT2D eigenvalue weighted by molar-refractivity contribution is -0.0500. The Morgan fingerprint density at radius 2 is 2.00 bits per heavy atom. The van der Waals surface area contributed by atoms with Crippen LogP contribution in [0, 0.1) is 0 Å². The molecule has 0 unspecified atom stereocenters.